The Labute approximate surface area is 250 Å². The van der Waals surface area contributed by atoms with Crippen LogP contribution in [0.5, 0.6) is 11.5 Å². The second kappa shape index (κ2) is 13.0. The number of nitrogens with zero attached hydrogens (tertiary/aromatic N) is 1. The van der Waals surface area contributed by atoms with Crippen LogP contribution < -0.4 is 10.6 Å². The molecule has 220 valence electrons. The van der Waals surface area contributed by atoms with Crippen LogP contribution in [-0.4, -0.2) is 44.7 Å². The molecule has 4 N–H and O–H groups in total. The minimum absolute atomic E-state index is 0.0183. The Morgan fingerprint density at radius 2 is 1.58 bits per heavy atom. The van der Waals surface area contributed by atoms with Crippen molar-refractivity contribution < 1.29 is 29.3 Å². The van der Waals surface area contributed by atoms with E-state index < -0.39 is 35.6 Å². The maximum atomic E-state index is 14.1. The molecule has 9 nitrogen and oxygen atoms in total. The van der Waals surface area contributed by atoms with Crippen molar-refractivity contribution in [2.75, 3.05) is 5.32 Å². The molecule has 0 bridgehead atoms. The lowest BCUT2D eigenvalue weighted by molar-refractivity contribution is -0.136. The van der Waals surface area contributed by atoms with Crippen LogP contribution in [0.4, 0.5) is 10.5 Å². The number of hydrogen-bond donors (Lipinski definition) is 4. The predicted octanol–water partition coefficient (Wildman–Crippen LogP) is 5.49. The molecule has 43 heavy (non-hydrogen) atoms. The maximum Gasteiger partial charge on any atom is 0.408 e. The first-order valence-corrected chi connectivity index (χ1v) is 13.6. The van der Waals surface area contributed by atoms with Crippen LogP contribution in [0.15, 0.2) is 91.0 Å². The summed E-state index contributed by atoms with van der Waals surface area (Å²) in [7, 11) is 0. The summed E-state index contributed by atoms with van der Waals surface area (Å²) in [6.07, 6.45) is 5.01. The van der Waals surface area contributed by atoms with Crippen LogP contribution in [0.3, 0.4) is 0 Å². The predicted molar refractivity (Wildman–Crippen MR) is 164 cm³/mol. The third-order valence-electron chi connectivity index (χ3n) is 6.45. The van der Waals surface area contributed by atoms with E-state index >= 15 is 0 Å². The molecule has 0 aliphatic rings. The van der Waals surface area contributed by atoms with Gasteiger partial charge in [0, 0.05) is 18.2 Å². The molecule has 2 atom stereocenters. The van der Waals surface area contributed by atoms with Crippen LogP contribution in [0.1, 0.15) is 37.9 Å². The topological polar surface area (TPSA) is 128 Å². The molecular formula is C34H33N3O6. The first-order valence-electron chi connectivity index (χ1n) is 13.6. The van der Waals surface area contributed by atoms with E-state index in [9.17, 15) is 24.6 Å². The third-order valence-corrected chi connectivity index (χ3v) is 6.45. The van der Waals surface area contributed by atoms with Crippen molar-refractivity contribution in [1.82, 2.24) is 10.2 Å². The van der Waals surface area contributed by atoms with E-state index in [1.165, 1.54) is 30.3 Å². The normalized spacial score (nSPS) is 12.4. The second-order valence-corrected chi connectivity index (χ2v) is 11.0. The first kappa shape index (κ1) is 30.5. The number of fused-ring (bicyclic) bond motifs is 1. The van der Waals surface area contributed by atoms with E-state index in [0.717, 1.165) is 15.7 Å². The molecule has 4 rings (SSSR count). The van der Waals surface area contributed by atoms with Gasteiger partial charge in [-0.05, 0) is 79.1 Å². The van der Waals surface area contributed by atoms with Crippen molar-refractivity contribution in [2.24, 2.45) is 0 Å². The molecule has 0 radical (unpaired) electrons. The number of carbonyl (C=O) groups is 3. The van der Waals surface area contributed by atoms with Crippen LogP contribution in [0, 0.1) is 12.5 Å². The smallest absolute Gasteiger partial charge is 0.408 e. The van der Waals surface area contributed by atoms with E-state index in [2.05, 4.69) is 16.7 Å². The minimum atomic E-state index is -1.38. The van der Waals surface area contributed by atoms with Crippen LogP contribution >= 0.6 is 0 Å². The quantitative estimate of drug-likeness (QED) is 0.162. The van der Waals surface area contributed by atoms with E-state index in [4.69, 9.17) is 11.2 Å². The number of amides is 3. The number of terminal acetylenes is 1. The van der Waals surface area contributed by atoms with Crippen molar-refractivity contribution in [3.8, 4) is 24.0 Å². The van der Waals surface area contributed by atoms with Gasteiger partial charge in [-0.3, -0.25) is 14.5 Å². The van der Waals surface area contributed by atoms with Gasteiger partial charge < -0.3 is 25.6 Å². The largest absolute Gasteiger partial charge is 0.508 e. The van der Waals surface area contributed by atoms with Gasteiger partial charge in [-0.2, -0.15) is 0 Å². The summed E-state index contributed by atoms with van der Waals surface area (Å²) in [6.45, 7) is 5.06. The van der Waals surface area contributed by atoms with Gasteiger partial charge in [0.15, 0.2) is 0 Å². The van der Waals surface area contributed by atoms with Gasteiger partial charge in [0.1, 0.15) is 29.2 Å². The summed E-state index contributed by atoms with van der Waals surface area (Å²) in [5, 5.41) is 27.2. The molecular weight excluding hydrogens is 546 g/mol. The number of rotatable bonds is 8. The fourth-order valence-corrected chi connectivity index (χ4v) is 4.54. The number of carbonyl (C=O) groups excluding carboxylic acids is 3. The highest BCUT2D eigenvalue weighted by molar-refractivity contribution is 6.01. The Morgan fingerprint density at radius 1 is 0.884 bits per heavy atom. The van der Waals surface area contributed by atoms with Gasteiger partial charge in [0.25, 0.3) is 11.8 Å². The molecule has 9 heteroatoms. The number of alkyl carbamates (subject to hydrolysis) is 1. The maximum absolute atomic E-state index is 14.1. The third kappa shape index (κ3) is 8.05. The zero-order chi connectivity index (χ0) is 31.1. The average Bonchev–Trinajstić information content (AvgIpc) is 2.95. The van der Waals surface area contributed by atoms with E-state index in [1.807, 2.05) is 30.3 Å². The van der Waals surface area contributed by atoms with Crippen LogP contribution in [-0.2, 0) is 20.7 Å². The molecule has 2 unspecified atom stereocenters. The fourth-order valence-electron chi connectivity index (χ4n) is 4.54. The number of aromatic hydroxyl groups is 2. The zero-order valence-electron chi connectivity index (χ0n) is 24.1. The Morgan fingerprint density at radius 3 is 2.23 bits per heavy atom. The standard InChI is InChI=1S/C34H33N3O6/c1-5-37(32(41)29(36-33(42)43-34(2,3)4)19-22-13-17-27(38)18-14-22)30(25-11-8-12-28(39)21-25)31(40)35-26-16-15-23-9-6-7-10-24(23)20-26/h1,6-18,20-21,29-30,38-39H,19H2,2-4H3,(H,35,40)(H,36,42). The van der Waals surface area contributed by atoms with Crippen molar-refractivity contribution in [3.05, 3.63) is 102 Å². The lowest BCUT2D eigenvalue weighted by Gasteiger charge is -2.30. The summed E-state index contributed by atoms with van der Waals surface area (Å²) in [6, 6.07) is 24.7. The Hall–Kier alpha value is -5.49. The molecule has 0 heterocycles. The first-order chi connectivity index (χ1) is 20.4. The Bertz CT molecular complexity index is 1670. The van der Waals surface area contributed by atoms with Gasteiger partial charge in [0.2, 0.25) is 0 Å². The summed E-state index contributed by atoms with van der Waals surface area (Å²) in [4.78, 5) is 41.7. The highest BCUT2D eigenvalue weighted by Gasteiger charge is 2.36. The number of benzene rings is 4. The van der Waals surface area contributed by atoms with Gasteiger partial charge in [-0.15, -0.1) is 0 Å². The van der Waals surface area contributed by atoms with Gasteiger partial charge >= 0.3 is 6.09 Å². The van der Waals surface area contributed by atoms with Gasteiger partial charge in [-0.1, -0.05) is 61.0 Å². The lowest BCUT2D eigenvalue weighted by Crippen LogP contribution is -2.51. The molecule has 0 saturated carbocycles. The molecule has 0 saturated heterocycles. The number of hydrogen-bond acceptors (Lipinski definition) is 6. The highest BCUT2D eigenvalue weighted by Crippen LogP contribution is 2.28. The molecule has 0 aromatic heterocycles. The average molecular weight is 580 g/mol. The molecule has 4 aromatic rings. The van der Waals surface area contributed by atoms with E-state index in [-0.39, 0.29) is 23.5 Å². The van der Waals surface area contributed by atoms with Gasteiger partial charge in [-0.25, -0.2) is 4.79 Å². The van der Waals surface area contributed by atoms with E-state index in [1.54, 1.807) is 51.1 Å². The van der Waals surface area contributed by atoms with Crippen molar-refractivity contribution >= 4 is 34.4 Å². The van der Waals surface area contributed by atoms with E-state index in [0.29, 0.717) is 11.3 Å². The second-order valence-electron chi connectivity index (χ2n) is 11.0. The van der Waals surface area contributed by atoms with Crippen LogP contribution in [0.2, 0.25) is 0 Å². The summed E-state index contributed by atoms with van der Waals surface area (Å²) in [5.74, 6) is -1.49. The molecule has 0 spiro atoms. The van der Waals surface area contributed by atoms with Crippen molar-refractivity contribution in [2.45, 2.75) is 44.9 Å². The highest BCUT2D eigenvalue weighted by atomic mass is 16.6. The molecule has 4 aromatic carbocycles. The fraction of sp³-hybridized carbons (Fsp3) is 0.206. The SMILES string of the molecule is C#CN(C(=O)C(Cc1ccc(O)cc1)NC(=O)OC(C)(C)C)C(C(=O)Nc1ccc2ccccc2c1)c1cccc(O)c1. The number of phenols is 2. The zero-order valence-corrected chi connectivity index (χ0v) is 24.1. The molecule has 0 fully saturated rings. The number of ether oxygens (including phenoxy) is 1. The number of nitrogens with one attached hydrogen (secondary N) is 2. The monoisotopic (exact) mass is 579 g/mol. The lowest BCUT2D eigenvalue weighted by atomic mass is 10.0. The molecule has 0 aliphatic heterocycles. The van der Waals surface area contributed by atoms with Crippen molar-refractivity contribution in [1.29, 1.82) is 0 Å². The Kier molecular flexibility index (Phi) is 9.21. The molecule has 3 amide bonds. The summed E-state index contributed by atoms with van der Waals surface area (Å²) < 4.78 is 5.39. The summed E-state index contributed by atoms with van der Waals surface area (Å²) >= 11 is 0. The summed E-state index contributed by atoms with van der Waals surface area (Å²) in [5.41, 5.74) is 0.501. The Balaban J connectivity index is 1.70. The van der Waals surface area contributed by atoms with Crippen molar-refractivity contribution in [3.63, 3.8) is 0 Å². The number of anilines is 1. The molecule has 0 aliphatic carbocycles. The number of phenolic OH excluding ortho intramolecular Hbond substituents is 2. The van der Waals surface area contributed by atoms with Gasteiger partial charge in [0.05, 0.1) is 0 Å². The minimum Gasteiger partial charge on any atom is -0.508 e. The van der Waals surface area contributed by atoms with Crippen LogP contribution in [0.25, 0.3) is 10.8 Å².